The van der Waals surface area contributed by atoms with Gasteiger partial charge in [-0.05, 0) is 37.3 Å². The normalized spacial score (nSPS) is 18.5. The number of carbonyl (C=O) groups excluding carboxylic acids is 2. The first-order valence-electron chi connectivity index (χ1n) is 8.86. The Morgan fingerprint density at radius 3 is 2.43 bits per heavy atom. The van der Waals surface area contributed by atoms with E-state index in [2.05, 4.69) is 0 Å². The van der Waals surface area contributed by atoms with E-state index in [0.717, 1.165) is 4.90 Å². The third kappa shape index (κ3) is 3.48. The predicted octanol–water partition coefficient (Wildman–Crippen LogP) is 2.64. The zero-order chi connectivity index (χ0) is 20.3. The summed E-state index contributed by atoms with van der Waals surface area (Å²) in [5, 5.41) is 20.1. The lowest BCUT2D eigenvalue weighted by Crippen LogP contribution is -2.32. The molecule has 1 saturated heterocycles. The number of hydrogen-bond acceptors (Lipinski definition) is 5. The fourth-order valence-electron chi connectivity index (χ4n) is 3.27. The highest BCUT2D eigenvalue weighted by atomic mass is 19.1. The topological polar surface area (TPSA) is 87.1 Å². The van der Waals surface area contributed by atoms with Crippen molar-refractivity contribution in [3.8, 4) is 5.75 Å². The van der Waals surface area contributed by atoms with Gasteiger partial charge in [-0.3, -0.25) is 9.59 Å². The maximum atomic E-state index is 14.5. The minimum atomic E-state index is -1.13. The zero-order valence-electron chi connectivity index (χ0n) is 15.3. The van der Waals surface area contributed by atoms with E-state index in [9.17, 15) is 24.2 Å². The summed E-state index contributed by atoms with van der Waals surface area (Å²) in [6.07, 6.45) is 0. The van der Waals surface area contributed by atoms with Crippen LogP contribution in [0.25, 0.3) is 5.76 Å². The number of hydrogen-bond donors (Lipinski definition) is 2. The van der Waals surface area contributed by atoms with Crippen molar-refractivity contribution in [3.63, 3.8) is 0 Å². The van der Waals surface area contributed by atoms with Gasteiger partial charge in [-0.15, -0.1) is 0 Å². The van der Waals surface area contributed by atoms with E-state index in [1.165, 1.54) is 18.2 Å². The van der Waals surface area contributed by atoms with Crippen LogP contribution in [0.3, 0.4) is 0 Å². The second kappa shape index (κ2) is 8.22. The van der Waals surface area contributed by atoms with Crippen molar-refractivity contribution >= 4 is 17.4 Å². The number of nitrogens with zero attached hydrogens (tertiary/aromatic N) is 1. The van der Waals surface area contributed by atoms with Crippen LogP contribution < -0.4 is 4.74 Å². The molecule has 0 radical (unpaired) electrons. The van der Waals surface area contributed by atoms with E-state index >= 15 is 0 Å². The molecule has 6 nitrogen and oxygen atoms in total. The summed E-state index contributed by atoms with van der Waals surface area (Å²) in [4.78, 5) is 26.2. The molecule has 7 heteroatoms. The van der Waals surface area contributed by atoms with Crippen LogP contribution >= 0.6 is 0 Å². The number of rotatable bonds is 6. The largest absolute Gasteiger partial charge is 0.507 e. The Hall–Kier alpha value is -3.19. The van der Waals surface area contributed by atoms with Gasteiger partial charge >= 0.3 is 0 Å². The summed E-state index contributed by atoms with van der Waals surface area (Å²) in [5.41, 5.74) is 0.155. The average Bonchev–Trinajstić information content (AvgIpc) is 2.94. The molecule has 1 aliphatic heterocycles. The summed E-state index contributed by atoms with van der Waals surface area (Å²) >= 11 is 0. The minimum absolute atomic E-state index is 0.0719. The molecule has 2 aromatic carbocycles. The summed E-state index contributed by atoms with van der Waals surface area (Å²) < 4.78 is 19.8. The van der Waals surface area contributed by atoms with Crippen molar-refractivity contribution in [1.29, 1.82) is 0 Å². The van der Waals surface area contributed by atoms with Crippen LogP contribution in [0, 0.1) is 5.82 Å². The van der Waals surface area contributed by atoms with Crippen LogP contribution in [-0.4, -0.2) is 46.6 Å². The SMILES string of the molecule is CCOc1ccc(/C(O)=C2/C(=O)C(=O)N(CCO)C2c2ccccc2F)cc1. The van der Waals surface area contributed by atoms with Crippen LogP contribution in [0.15, 0.2) is 54.1 Å². The van der Waals surface area contributed by atoms with Gasteiger partial charge in [0.1, 0.15) is 17.3 Å². The summed E-state index contributed by atoms with van der Waals surface area (Å²) in [6.45, 7) is 1.75. The number of carbonyl (C=O) groups is 2. The first-order valence-corrected chi connectivity index (χ1v) is 8.86. The van der Waals surface area contributed by atoms with Crippen molar-refractivity contribution in [2.45, 2.75) is 13.0 Å². The molecule has 1 aliphatic rings. The number of aliphatic hydroxyl groups excluding tert-OH is 2. The monoisotopic (exact) mass is 385 g/mol. The van der Waals surface area contributed by atoms with Crippen LogP contribution in [0.5, 0.6) is 5.75 Å². The van der Waals surface area contributed by atoms with Gasteiger partial charge in [0.15, 0.2) is 0 Å². The number of halogens is 1. The van der Waals surface area contributed by atoms with Gasteiger partial charge in [-0.25, -0.2) is 4.39 Å². The molecule has 0 aromatic heterocycles. The molecule has 1 unspecified atom stereocenters. The Kier molecular flexibility index (Phi) is 5.75. The Morgan fingerprint density at radius 2 is 1.82 bits per heavy atom. The van der Waals surface area contributed by atoms with E-state index in [4.69, 9.17) is 4.74 Å². The first kappa shape index (κ1) is 19.6. The van der Waals surface area contributed by atoms with Crippen LogP contribution in [-0.2, 0) is 9.59 Å². The number of aliphatic hydroxyl groups is 2. The Bertz CT molecular complexity index is 923. The van der Waals surface area contributed by atoms with Gasteiger partial charge in [-0.2, -0.15) is 0 Å². The van der Waals surface area contributed by atoms with Gasteiger partial charge in [0, 0.05) is 17.7 Å². The summed E-state index contributed by atoms with van der Waals surface area (Å²) in [6, 6.07) is 11.0. The van der Waals surface area contributed by atoms with Crippen molar-refractivity contribution in [3.05, 3.63) is 71.0 Å². The number of β-amino-alcohol motifs (C(OH)–C–C–N with tert-alkyl or cyclic N) is 1. The molecule has 3 rings (SSSR count). The number of benzene rings is 2. The molecule has 146 valence electrons. The van der Waals surface area contributed by atoms with E-state index in [1.807, 2.05) is 6.92 Å². The first-order chi connectivity index (χ1) is 13.5. The summed E-state index contributed by atoms with van der Waals surface area (Å²) in [5.74, 6) is -2.25. The van der Waals surface area contributed by atoms with Crippen molar-refractivity contribution in [2.75, 3.05) is 19.8 Å². The lowest BCUT2D eigenvalue weighted by molar-refractivity contribution is -0.140. The van der Waals surface area contributed by atoms with Crippen LogP contribution in [0.4, 0.5) is 4.39 Å². The van der Waals surface area contributed by atoms with Gasteiger partial charge in [0.05, 0.1) is 24.8 Å². The zero-order valence-corrected chi connectivity index (χ0v) is 15.3. The number of amides is 1. The molecule has 1 amide bonds. The van der Waals surface area contributed by atoms with Gasteiger partial charge < -0.3 is 19.8 Å². The number of ether oxygens (including phenoxy) is 1. The quantitative estimate of drug-likeness (QED) is 0.454. The van der Waals surface area contributed by atoms with Crippen molar-refractivity contribution in [1.82, 2.24) is 4.90 Å². The molecule has 2 aromatic rings. The van der Waals surface area contributed by atoms with E-state index in [-0.39, 0.29) is 17.7 Å². The highest BCUT2D eigenvalue weighted by Crippen LogP contribution is 2.40. The maximum absolute atomic E-state index is 14.5. The molecule has 0 spiro atoms. The van der Waals surface area contributed by atoms with Crippen molar-refractivity contribution in [2.24, 2.45) is 0 Å². The van der Waals surface area contributed by atoms with Gasteiger partial charge in [0.2, 0.25) is 0 Å². The molecule has 1 atom stereocenters. The van der Waals surface area contributed by atoms with Crippen LogP contribution in [0.1, 0.15) is 24.1 Å². The fourth-order valence-corrected chi connectivity index (χ4v) is 3.27. The molecule has 2 N–H and O–H groups in total. The third-order valence-electron chi connectivity index (χ3n) is 4.52. The third-order valence-corrected chi connectivity index (χ3v) is 4.52. The standard InChI is InChI=1S/C21H20FNO5/c1-2-28-14-9-7-13(8-10-14)19(25)17-18(15-5-3-4-6-16(15)22)23(11-12-24)21(27)20(17)26/h3-10,18,24-25H,2,11-12H2,1H3/b19-17-. The molecule has 0 aliphatic carbocycles. The molecular weight excluding hydrogens is 365 g/mol. The Labute approximate surface area is 161 Å². The molecule has 28 heavy (non-hydrogen) atoms. The second-order valence-electron chi connectivity index (χ2n) is 6.19. The highest BCUT2D eigenvalue weighted by molar-refractivity contribution is 6.46. The lowest BCUT2D eigenvalue weighted by atomic mass is 9.95. The van der Waals surface area contributed by atoms with E-state index < -0.39 is 35.9 Å². The smallest absolute Gasteiger partial charge is 0.295 e. The Morgan fingerprint density at radius 1 is 1.14 bits per heavy atom. The van der Waals surface area contributed by atoms with E-state index in [0.29, 0.717) is 17.9 Å². The van der Waals surface area contributed by atoms with Crippen molar-refractivity contribution < 1.29 is 28.9 Å². The average molecular weight is 385 g/mol. The fraction of sp³-hybridized carbons (Fsp3) is 0.238. The number of ketones is 1. The minimum Gasteiger partial charge on any atom is -0.507 e. The predicted molar refractivity (Wildman–Crippen MR) is 100 cm³/mol. The molecular formula is C21H20FNO5. The van der Waals surface area contributed by atoms with E-state index in [1.54, 1.807) is 30.3 Å². The molecule has 1 fully saturated rings. The highest BCUT2D eigenvalue weighted by Gasteiger charge is 2.46. The number of Topliss-reactive ketones (excluding diaryl/α,β-unsaturated/α-hetero) is 1. The molecule has 0 saturated carbocycles. The lowest BCUT2D eigenvalue weighted by Gasteiger charge is -2.24. The Balaban J connectivity index is 2.14. The second-order valence-corrected chi connectivity index (χ2v) is 6.19. The van der Waals surface area contributed by atoms with Gasteiger partial charge in [-0.1, -0.05) is 18.2 Å². The van der Waals surface area contributed by atoms with Gasteiger partial charge in [0.25, 0.3) is 11.7 Å². The summed E-state index contributed by atoms with van der Waals surface area (Å²) in [7, 11) is 0. The number of likely N-dealkylation sites (tertiary alicyclic amines) is 1. The molecule has 1 heterocycles. The van der Waals surface area contributed by atoms with Crippen LogP contribution in [0.2, 0.25) is 0 Å². The maximum Gasteiger partial charge on any atom is 0.295 e. The molecule has 0 bridgehead atoms.